The van der Waals surface area contributed by atoms with Gasteiger partial charge in [0.1, 0.15) is 5.82 Å². The van der Waals surface area contributed by atoms with Crippen molar-refractivity contribution in [2.24, 2.45) is 11.1 Å². The minimum atomic E-state index is -0.510. The van der Waals surface area contributed by atoms with Gasteiger partial charge in [0.2, 0.25) is 11.0 Å². The van der Waals surface area contributed by atoms with E-state index in [4.69, 9.17) is 28.9 Å². The summed E-state index contributed by atoms with van der Waals surface area (Å²) >= 11 is 16.1. The van der Waals surface area contributed by atoms with Crippen LogP contribution in [0.4, 0.5) is 10.8 Å². The molecular weight excluding hydrogens is 607 g/mol. The van der Waals surface area contributed by atoms with Crippen molar-refractivity contribution in [3.8, 4) is 6.07 Å². The second kappa shape index (κ2) is 11.2. The van der Waals surface area contributed by atoms with Crippen LogP contribution >= 0.6 is 57.6 Å². The number of aryl methyl sites for hydroxylation is 1. The number of ketones is 1. The average molecular weight is 632 g/mol. The van der Waals surface area contributed by atoms with Crippen LogP contribution < -0.4 is 16.0 Å². The molecule has 3 N–H and O–H groups in total. The molecule has 40 heavy (non-hydrogen) atoms. The van der Waals surface area contributed by atoms with Crippen LogP contribution in [0.15, 0.2) is 57.3 Å². The number of nitriles is 1. The zero-order valence-electron chi connectivity index (χ0n) is 21.7. The molecule has 0 saturated heterocycles. The molecule has 3 aromatic rings. The molecule has 0 fully saturated rings. The van der Waals surface area contributed by atoms with Crippen molar-refractivity contribution >= 4 is 80.1 Å². The smallest absolute Gasteiger partial charge is 0.234 e. The molecule has 206 valence electrons. The maximum absolute atomic E-state index is 13.6. The SMILES string of the molecule is Cc1ccc(C2C(C#N)=C(N)N(c3nnc(SCC(=O)Nc4ccc(Cl)cc4Cl)s3)C3=C2C(=O)CC(C)(C)C3)s1. The number of thiophene rings is 1. The van der Waals surface area contributed by atoms with Crippen molar-refractivity contribution in [1.29, 1.82) is 5.26 Å². The largest absolute Gasteiger partial charge is 0.384 e. The lowest BCUT2D eigenvalue weighted by Crippen LogP contribution is -2.42. The monoisotopic (exact) mass is 630 g/mol. The number of halogens is 2. The van der Waals surface area contributed by atoms with Gasteiger partial charge in [0.05, 0.1) is 34.0 Å². The van der Waals surface area contributed by atoms with E-state index in [1.54, 1.807) is 34.4 Å². The number of nitrogens with zero attached hydrogens (tertiary/aromatic N) is 4. The minimum Gasteiger partial charge on any atom is -0.384 e. The maximum Gasteiger partial charge on any atom is 0.234 e. The molecule has 1 amide bonds. The van der Waals surface area contributed by atoms with Crippen LogP contribution in [0.2, 0.25) is 10.0 Å². The number of carbonyl (C=O) groups is 2. The second-order valence-corrected chi connectivity index (χ2v) is 14.6. The summed E-state index contributed by atoms with van der Waals surface area (Å²) in [6, 6.07) is 11.1. The summed E-state index contributed by atoms with van der Waals surface area (Å²) < 4.78 is 0.540. The number of anilines is 2. The average Bonchev–Trinajstić information content (AvgIpc) is 3.52. The fourth-order valence-electron chi connectivity index (χ4n) is 4.88. The van der Waals surface area contributed by atoms with Gasteiger partial charge in [0.25, 0.3) is 0 Å². The molecule has 1 atom stereocenters. The summed E-state index contributed by atoms with van der Waals surface area (Å²) in [5.41, 5.74) is 8.50. The second-order valence-electron chi connectivity index (χ2n) is 10.2. The van der Waals surface area contributed by atoms with E-state index in [-0.39, 0.29) is 28.7 Å². The third-order valence-corrected chi connectivity index (χ3v) is 10.2. The lowest BCUT2D eigenvalue weighted by atomic mass is 9.70. The zero-order valence-corrected chi connectivity index (χ0v) is 25.7. The number of allylic oxidation sites excluding steroid dienone is 3. The van der Waals surface area contributed by atoms with Crippen LogP contribution in [-0.4, -0.2) is 27.6 Å². The van der Waals surface area contributed by atoms with E-state index in [1.165, 1.54) is 23.1 Å². The van der Waals surface area contributed by atoms with Gasteiger partial charge in [0, 0.05) is 32.5 Å². The Morgan fingerprint density at radius 3 is 2.70 bits per heavy atom. The zero-order chi connectivity index (χ0) is 28.8. The van der Waals surface area contributed by atoms with Crippen molar-refractivity contribution in [2.45, 2.75) is 43.9 Å². The number of hydrogen-bond donors (Lipinski definition) is 2. The molecule has 5 rings (SSSR count). The van der Waals surface area contributed by atoms with E-state index < -0.39 is 5.92 Å². The van der Waals surface area contributed by atoms with Gasteiger partial charge >= 0.3 is 0 Å². The van der Waals surface area contributed by atoms with Gasteiger partial charge in [-0.15, -0.1) is 21.5 Å². The molecule has 3 heterocycles. The molecule has 1 aromatic carbocycles. The van der Waals surface area contributed by atoms with Gasteiger partial charge in [-0.1, -0.05) is 60.1 Å². The first-order chi connectivity index (χ1) is 19.0. The number of benzene rings is 1. The molecule has 1 aliphatic heterocycles. The van der Waals surface area contributed by atoms with Crippen LogP contribution in [-0.2, 0) is 9.59 Å². The summed E-state index contributed by atoms with van der Waals surface area (Å²) in [7, 11) is 0. The lowest BCUT2D eigenvalue weighted by molar-refractivity contribution is -0.118. The van der Waals surface area contributed by atoms with Crippen LogP contribution in [0.25, 0.3) is 0 Å². The van der Waals surface area contributed by atoms with Crippen molar-refractivity contribution in [3.05, 3.63) is 72.8 Å². The van der Waals surface area contributed by atoms with Crippen LogP contribution in [0.3, 0.4) is 0 Å². The summed E-state index contributed by atoms with van der Waals surface area (Å²) in [4.78, 5) is 29.9. The molecule has 8 nitrogen and oxygen atoms in total. The molecule has 0 bridgehead atoms. The van der Waals surface area contributed by atoms with Crippen molar-refractivity contribution in [3.63, 3.8) is 0 Å². The van der Waals surface area contributed by atoms with Crippen molar-refractivity contribution in [1.82, 2.24) is 10.2 Å². The quantitative estimate of drug-likeness (QED) is 0.282. The number of thioether (sulfide) groups is 1. The van der Waals surface area contributed by atoms with E-state index in [0.717, 1.165) is 15.5 Å². The van der Waals surface area contributed by atoms with E-state index in [2.05, 4.69) is 21.6 Å². The minimum absolute atomic E-state index is 0.00389. The maximum atomic E-state index is 13.6. The van der Waals surface area contributed by atoms with Gasteiger partial charge in [-0.3, -0.25) is 14.5 Å². The highest BCUT2D eigenvalue weighted by Gasteiger charge is 2.45. The van der Waals surface area contributed by atoms with Gasteiger partial charge in [-0.2, -0.15) is 5.26 Å². The van der Waals surface area contributed by atoms with Crippen LogP contribution in [0.5, 0.6) is 0 Å². The predicted molar refractivity (Wildman–Crippen MR) is 162 cm³/mol. The van der Waals surface area contributed by atoms with Gasteiger partial charge in [0.15, 0.2) is 10.1 Å². The van der Waals surface area contributed by atoms with Crippen molar-refractivity contribution < 1.29 is 9.59 Å². The molecule has 0 radical (unpaired) electrons. The number of nitrogens with two attached hydrogens (primary N) is 1. The van der Waals surface area contributed by atoms with Gasteiger partial charge in [-0.05, 0) is 49.1 Å². The molecule has 2 aromatic heterocycles. The van der Waals surface area contributed by atoms with Crippen LogP contribution in [0.1, 0.15) is 42.4 Å². The fourth-order valence-corrected chi connectivity index (χ4v) is 8.01. The Labute approximate surface area is 253 Å². The summed E-state index contributed by atoms with van der Waals surface area (Å²) in [5.74, 6) is -0.464. The molecule has 0 saturated carbocycles. The topological polar surface area (TPSA) is 125 Å². The summed E-state index contributed by atoms with van der Waals surface area (Å²) in [6.07, 6.45) is 0.962. The Balaban J connectivity index is 1.44. The molecule has 13 heteroatoms. The number of Topliss-reactive ketones (excluding diaryl/α,β-unsaturated/α-hetero) is 1. The normalized spacial score (nSPS) is 18.6. The van der Waals surface area contributed by atoms with Gasteiger partial charge in [-0.25, -0.2) is 0 Å². The van der Waals surface area contributed by atoms with E-state index >= 15 is 0 Å². The Kier molecular flexibility index (Phi) is 8.01. The number of aromatic nitrogens is 2. The Bertz CT molecular complexity index is 1630. The molecule has 1 unspecified atom stereocenters. The highest BCUT2D eigenvalue weighted by atomic mass is 35.5. The molecule has 1 aliphatic carbocycles. The third-order valence-electron chi connectivity index (χ3n) is 6.55. The molecule has 0 spiro atoms. The first-order valence-electron chi connectivity index (χ1n) is 12.2. The first-order valence-corrected chi connectivity index (χ1v) is 15.6. The number of rotatable bonds is 6. The third kappa shape index (κ3) is 5.64. The van der Waals surface area contributed by atoms with Crippen LogP contribution in [0, 0.1) is 23.7 Å². The van der Waals surface area contributed by atoms with E-state index in [9.17, 15) is 14.9 Å². The summed E-state index contributed by atoms with van der Waals surface area (Å²) in [6.45, 7) is 6.09. The molecular formula is C27H24Cl2N6O2S3. The predicted octanol–water partition coefficient (Wildman–Crippen LogP) is 6.89. The first kappa shape index (κ1) is 28.6. The fraction of sp³-hybridized carbons (Fsp3) is 0.296. The van der Waals surface area contributed by atoms with E-state index in [0.29, 0.717) is 49.2 Å². The van der Waals surface area contributed by atoms with Gasteiger partial charge < -0.3 is 11.1 Å². The Hall–Kier alpha value is -2.88. The standard InChI is InChI=1S/C27H24Cl2N6O2S3/c1-13-4-7-20(39-13)22-15(11-30)24(31)35(18-9-27(2,3)10-19(36)23(18)22)25-33-34-26(40-25)38-12-21(37)32-17-6-5-14(28)8-16(17)29/h4-8,22H,9-10,12,31H2,1-3H3,(H,32,37). The van der Waals surface area contributed by atoms with E-state index in [1.807, 2.05) is 32.9 Å². The number of amides is 1. The number of carbonyl (C=O) groups excluding carboxylic acids is 2. The lowest BCUT2D eigenvalue weighted by Gasteiger charge is -2.42. The molecule has 2 aliphatic rings. The van der Waals surface area contributed by atoms with Crippen molar-refractivity contribution in [2.75, 3.05) is 16.0 Å². The number of hydrogen-bond acceptors (Lipinski definition) is 10. The Morgan fingerprint density at radius 1 is 1.25 bits per heavy atom. The Morgan fingerprint density at radius 2 is 2.02 bits per heavy atom. The number of nitrogens with one attached hydrogen (secondary N) is 1. The highest BCUT2D eigenvalue weighted by molar-refractivity contribution is 8.01. The highest BCUT2D eigenvalue weighted by Crippen LogP contribution is 2.51. The summed E-state index contributed by atoms with van der Waals surface area (Å²) in [5, 5.41) is 22.8.